The highest BCUT2D eigenvalue weighted by Crippen LogP contribution is 2.34. The fourth-order valence-electron chi connectivity index (χ4n) is 4.10. The molecular weight excluding hydrogens is 450 g/mol. The molecule has 2 fully saturated rings. The lowest BCUT2D eigenvalue weighted by Gasteiger charge is -2.35. The molecule has 1 aromatic heterocycles. The maximum absolute atomic E-state index is 13.0. The molecule has 174 valence electrons. The lowest BCUT2D eigenvalue weighted by atomic mass is 9.96. The summed E-state index contributed by atoms with van der Waals surface area (Å²) in [5, 5.41) is 10.8. The largest absolute Gasteiger partial charge is 0.454 e. The lowest BCUT2D eigenvalue weighted by Crippen LogP contribution is -2.49. The van der Waals surface area contributed by atoms with E-state index in [4.69, 9.17) is 14.2 Å². The normalized spacial score (nSPS) is 19.9. The summed E-state index contributed by atoms with van der Waals surface area (Å²) in [4.78, 5) is 41.9. The SMILES string of the molecule is O=C(Nc1ccc2c(c1)OCO2)c1nnc(C(=O)N2CCC[C@H](C(=O)N3CCOCC3)C2)s1. The molecule has 4 heterocycles. The van der Waals surface area contributed by atoms with Gasteiger partial charge in [0.25, 0.3) is 11.8 Å². The van der Waals surface area contributed by atoms with Crippen LogP contribution >= 0.6 is 11.3 Å². The van der Waals surface area contributed by atoms with Gasteiger partial charge in [-0.3, -0.25) is 14.4 Å². The summed E-state index contributed by atoms with van der Waals surface area (Å²) in [6, 6.07) is 5.06. The van der Waals surface area contributed by atoms with Gasteiger partial charge in [0.15, 0.2) is 11.5 Å². The van der Waals surface area contributed by atoms with E-state index in [1.54, 1.807) is 23.1 Å². The van der Waals surface area contributed by atoms with Gasteiger partial charge in [-0.1, -0.05) is 11.3 Å². The smallest absolute Gasteiger partial charge is 0.286 e. The first-order valence-corrected chi connectivity index (χ1v) is 11.6. The number of piperidine rings is 1. The molecule has 0 bridgehead atoms. The molecule has 3 aliphatic heterocycles. The lowest BCUT2D eigenvalue weighted by molar-refractivity contribution is -0.141. The van der Waals surface area contributed by atoms with Gasteiger partial charge >= 0.3 is 0 Å². The molecule has 0 radical (unpaired) electrons. The van der Waals surface area contributed by atoms with Crippen LogP contribution in [0, 0.1) is 5.92 Å². The Balaban J connectivity index is 1.21. The van der Waals surface area contributed by atoms with Crippen molar-refractivity contribution in [3.05, 3.63) is 28.2 Å². The van der Waals surface area contributed by atoms with Crippen molar-refractivity contribution in [2.75, 3.05) is 51.5 Å². The number of hydrogen-bond acceptors (Lipinski definition) is 9. The minimum absolute atomic E-state index is 0.0665. The Morgan fingerprint density at radius 2 is 1.79 bits per heavy atom. The average molecular weight is 474 g/mol. The Morgan fingerprint density at radius 3 is 2.64 bits per heavy atom. The molecule has 2 saturated heterocycles. The van der Waals surface area contributed by atoms with Crippen LogP contribution in [-0.2, 0) is 9.53 Å². The summed E-state index contributed by atoms with van der Waals surface area (Å²) in [7, 11) is 0. The number of fused-ring (bicyclic) bond motifs is 1. The van der Waals surface area contributed by atoms with Gasteiger partial charge in [0.05, 0.1) is 19.1 Å². The van der Waals surface area contributed by atoms with Crippen LogP contribution in [0.3, 0.4) is 0 Å². The number of nitrogens with one attached hydrogen (secondary N) is 1. The number of carbonyl (C=O) groups is 3. The highest BCUT2D eigenvalue weighted by molar-refractivity contribution is 7.15. The molecule has 33 heavy (non-hydrogen) atoms. The molecular formula is C21H23N5O6S. The Labute approximate surface area is 193 Å². The number of rotatable bonds is 4. The summed E-state index contributed by atoms with van der Waals surface area (Å²) >= 11 is 0.932. The van der Waals surface area contributed by atoms with Crippen molar-refractivity contribution in [2.45, 2.75) is 12.8 Å². The van der Waals surface area contributed by atoms with Crippen molar-refractivity contribution in [3.8, 4) is 11.5 Å². The molecule has 0 unspecified atom stereocenters. The van der Waals surface area contributed by atoms with Crippen LogP contribution in [-0.4, -0.2) is 83.9 Å². The Bertz CT molecular complexity index is 1070. The monoisotopic (exact) mass is 473 g/mol. The summed E-state index contributed by atoms with van der Waals surface area (Å²) in [5.41, 5.74) is 0.521. The second-order valence-corrected chi connectivity index (χ2v) is 8.94. The first-order chi connectivity index (χ1) is 16.1. The number of ether oxygens (including phenoxy) is 3. The first-order valence-electron chi connectivity index (χ1n) is 10.8. The van der Waals surface area contributed by atoms with Gasteiger partial charge in [0.2, 0.25) is 22.7 Å². The molecule has 0 saturated carbocycles. The maximum Gasteiger partial charge on any atom is 0.286 e. The minimum Gasteiger partial charge on any atom is -0.454 e. The van der Waals surface area contributed by atoms with Crippen molar-refractivity contribution in [3.63, 3.8) is 0 Å². The Morgan fingerprint density at radius 1 is 1.00 bits per heavy atom. The molecule has 1 aromatic carbocycles. The summed E-state index contributed by atoms with van der Waals surface area (Å²) in [6.07, 6.45) is 1.49. The number of anilines is 1. The second kappa shape index (κ2) is 9.32. The molecule has 1 N–H and O–H groups in total. The van der Waals surface area contributed by atoms with E-state index in [-0.39, 0.29) is 34.5 Å². The molecule has 3 amide bonds. The Hall–Kier alpha value is -3.25. The van der Waals surface area contributed by atoms with Crippen LogP contribution in [0.15, 0.2) is 18.2 Å². The number of morpholine rings is 1. The van der Waals surface area contributed by atoms with Crippen LogP contribution in [0.4, 0.5) is 5.69 Å². The molecule has 5 rings (SSSR count). The number of nitrogens with zero attached hydrogens (tertiary/aromatic N) is 4. The second-order valence-electron chi connectivity index (χ2n) is 7.96. The fourth-order valence-corrected chi connectivity index (χ4v) is 4.81. The quantitative estimate of drug-likeness (QED) is 0.703. The average Bonchev–Trinajstić information content (AvgIpc) is 3.53. The van der Waals surface area contributed by atoms with E-state index < -0.39 is 5.91 Å². The van der Waals surface area contributed by atoms with Gasteiger partial charge in [-0.15, -0.1) is 10.2 Å². The predicted molar refractivity (Wildman–Crippen MR) is 116 cm³/mol. The molecule has 11 nitrogen and oxygen atoms in total. The van der Waals surface area contributed by atoms with Crippen molar-refractivity contribution < 1.29 is 28.6 Å². The number of hydrogen-bond donors (Lipinski definition) is 1. The van der Waals surface area contributed by atoms with Gasteiger partial charge in [0.1, 0.15) is 0 Å². The number of benzene rings is 1. The van der Waals surface area contributed by atoms with Crippen LogP contribution < -0.4 is 14.8 Å². The van der Waals surface area contributed by atoms with Gasteiger partial charge in [-0.25, -0.2) is 0 Å². The molecule has 12 heteroatoms. The van der Waals surface area contributed by atoms with Crippen LogP contribution in [0.1, 0.15) is 32.4 Å². The van der Waals surface area contributed by atoms with Gasteiger partial charge in [-0.05, 0) is 25.0 Å². The summed E-state index contributed by atoms with van der Waals surface area (Å²) in [5.74, 6) is 0.217. The molecule has 3 aliphatic rings. The van der Waals surface area contributed by atoms with E-state index in [2.05, 4.69) is 15.5 Å². The maximum atomic E-state index is 13.0. The first kappa shape index (κ1) is 21.6. The van der Waals surface area contributed by atoms with E-state index in [9.17, 15) is 14.4 Å². The molecule has 0 spiro atoms. The van der Waals surface area contributed by atoms with E-state index in [0.29, 0.717) is 56.6 Å². The third-order valence-electron chi connectivity index (χ3n) is 5.81. The fraction of sp³-hybridized carbons (Fsp3) is 0.476. The number of likely N-dealkylation sites (tertiary alicyclic amines) is 1. The van der Waals surface area contributed by atoms with Crippen molar-refractivity contribution >= 4 is 34.7 Å². The number of aromatic nitrogens is 2. The minimum atomic E-state index is -0.468. The zero-order valence-corrected chi connectivity index (χ0v) is 18.6. The van der Waals surface area contributed by atoms with Crippen molar-refractivity contribution in [2.24, 2.45) is 5.92 Å². The van der Waals surface area contributed by atoms with E-state index >= 15 is 0 Å². The topological polar surface area (TPSA) is 123 Å². The summed E-state index contributed by atoms with van der Waals surface area (Å²) in [6.45, 7) is 3.29. The van der Waals surface area contributed by atoms with Crippen molar-refractivity contribution in [1.29, 1.82) is 0 Å². The van der Waals surface area contributed by atoms with Crippen LogP contribution in [0.5, 0.6) is 11.5 Å². The van der Waals surface area contributed by atoms with Gasteiger partial charge in [-0.2, -0.15) is 0 Å². The van der Waals surface area contributed by atoms with E-state index in [1.165, 1.54) is 0 Å². The van der Waals surface area contributed by atoms with Crippen LogP contribution in [0.25, 0.3) is 0 Å². The van der Waals surface area contributed by atoms with E-state index in [1.807, 2.05) is 4.90 Å². The molecule has 1 atom stereocenters. The highest BCUT2D eigenvalue weighted by atomic mass is 32.1. The zero-order valence-electron chi connectivity index (χ0n) is 17.8. The van der Waals surface area contributed by atoms with E-state index in [0.717, 1.165) is 24.2 Å². The molecule has 0 aliphatic carbocycles. The number of carbonyl (C=O) groups excluding carboxylic acids is 3. The summed E-state index contributed by atoms with van der Waals surface area (Å²) < 4.78 is 15.9. The predicted octanol–water partition coefficient (Wildman–Crippen LogP) is 1.23. The Kier molecular flexibility index (Phi) is 6.09. The van der Waals surface area contributed by atoms with Gasteiger partial charge in [0, 0.05) is 37.9 Å². The standard InChI is InChI=1S/C21H23N5O6S/c27-17(22-14-3-4-15-16(10-14)32-12-31-15)18-23-24-19(33-18)21(29)26-5-1-2-13(11-26)20(28)25-6-8-30-9-7-25/h3-4,10,13H,1-2,5-9,11-12H2,(H,22,27)/t13-/m0/s1. The van der Waals surface area contributed by atoms with Gasteiger partial charge < -0.3 is 29.3 Å². The van der Waals surface area contributed by atoms with Crippen LogP contribution in [0.2, 0.25) is 0 Å². The highest BCUT2D eigenvalue weighted by Gasteiger charge is 2.33. The number of amides is 3. The zero-order chi connectivity index (χ0) is 22.8. The van der Waals surface area contributed by atoms with Crippen molar-refractivity contribution in [1.82, 2.24) is 20.0 Å². The third-order valence-corrected chi connectivity index (χ3v) is 6.72. The third kappa shape index (κ3) is 4.62. The molecule has 2 aromatic rings.